The molecule has 0 aliphatic carbocycles. The van der Waals surface area contributed by atoms with E-state index in [9.17, 15) is 20.4 Å². The van der Waals surface area contributed by atoms with Crippen molar-refractivity contribution >= 4 is 56.6 Å². The summed E-state index contributed by atoms with van der Waals surface area (Å²) in [5.41, 5.74) is 13.4. The number of nitrogens with two attached hydrogens (primary N) is 2. The van der Waals surface area contributed by atoms with E-state index >= 15 is 0 Å². The number of aromatic nitrogens is 8. The van der Waals surface area contributed by atoms with Gasteiger partial charge in [-0.1, -0.05) is 5.92 Å². The number of halogens is 1. The van der Waals surface area contributed by atoms with Crippen LogP contribution in [0, 0.1) is 15.7 Å². The SMILES string of the molecule is CC#Cc1nc(N)c2ncn([C@@H]3O[C@H](C)[C@H](O)C3O)c2n1.C[C@H]1O[C@@H](n2cnc3c(N)nc(I)nc32)C(O)[C@H]1O. The summed E-state index contributed by atoms with van der Waals surface area (Å²) < 4.78 is 14.7. The largest absolute Gasteiger partial charge is 0.388 e. The van der Waals surface area contributed by atoms with Gasteiger partial charge in [-0.2, -0.15) is 0 Å². The van der Waals surface area contributed by atoms with Crippen LogP contribution >= 0.6 is 22.6 Å². The fourth-order valence-corrected chi connectivity index (χ4v) is 4.99. The highest BCUT2D eigenvalue weighted by molar-refractivity contribution is 14.1. The fourth-order valence-electron chi connectivity index (χ4n) is 4.50. The number of ether oxygens (including phenoxy) is 2. The van der Waals surface area contributed by atoms with Crippen molar-refractivity contribution < 1.29 is 29.9 Å². The van der Waals surface area contributed by atoms with E-state index < -0.39 is 49.1 Å². The van der Waals surface area contributed by atoms with E-state index in [1.807, 2.05) is 22.6 Å². The molecule has 17 heteroatoms. The van der Waals surface area contributed by atoms with Crippen LogP contribution in [0.15, 0.2) is 12.7 Å². The number of rotatable bonds is 2. The molecule has 0 amide bonds. The molecule has 212 valence electrons. The van der Waals surface area contributed by atoms with Crippen molar-refractivity contribution in [1.29, 1.82) is 0 Å². The Morgan fingerprint density at radius 2 is 1.25 bits per heavy atom. The zero-order valence-corrected chi connectivity index (χ0v) is 23.6. The predicted molar refractivity (Wildman–Crippen MR) is 148 cm³/mol. The summed E-state index contributed by atoms with van der Waals surface area (Å²) in [7, 11) is 0. The van der Waals surface area contributed by atoms with Crippen LogP contribution in [0.2, 0.25) is 0 Å². The number of aliphatic hydroxyl groups is 4. The van der Waals surface area contributed by atoms with E-state index in [4.69, 9.17) is 20.9 Å². The maximum atomic E-state index is 10.1. The molecule has 2 saturated heterocycles. The Morgan fingerprint density at radius 1 is 0.775 bits per heavy atom. The summed E-state index contributed by atoms with van der Waals surface area (Å²) in [6.07, 6.45) is -3.57. The minimum Gasteiger partial charge on any atom is -0.388 e. The molecule has 4 aromatic rings. The second kappa shape index (κ2) is 11.0. The van der Waals surface area contributed by atoms with Crippen molar-refractivity contribution in [3.63, 3.8) is 0 Å². The lowest BCUT2D eigenvalue weighted by Crippen LogP contribution is -2.30. The number of hydrogen-bond donors (Lipinski definition) is 6. The molecular formula is C23H27IN10O6. The van der Waals surface area contributed by atoms with Crippen LogP contribution in [0.5, 0.6) is 0 Å². The van der Waals surface area contributed by atoms with Crippen molar-refractivity contribution in [3.05, 3.63) is 22.3 Å². The molecule has 6 rings (SSSR count). The third kappa shape index (κ3) is 4.91. The quantitative estimate of drug-likeness (QED) is 0.0862. The normalized spacial score (nSPS) is 29.8. The van der Waals surface area contributed by atoms with Gasteiger partial charge >= 0.3 is 0 Å². The first-order chi connectivity index (χ1) is 19.0. The Bertz CT molecular complexity index is 1620. The minimum atomic E-state index is -1.07. The van der Waals surface area contributed by atoms with Crippen LogP contribution in [0.4, 0.5) is 11.6 Å². The highest BCUT2D eigenvalue weighted by atomic mass is 127. The Balaban J connectivity index is 0.000000162. The van der Waals surface area contributed by atoms with Crippen molar-refractivity contribution in [1.82, 2.24) is 39.0 Å². The molecule has 0 radical (unpaired) electrons. The lowest BCUT2D eigenvalue weighted by molar-refractivity contribution is -0.0300. The molecule has 8 atom stereocenters. The maximum Gasteiger partial charge on any atom is 0.208 e. The molecule has 2 unspecified atom stereocenters. The third-order valence-corrected chi connectivity index (χ3v) is 7.09. The molecule has 8 N–H and O–H groups in total. The van der Waals surface area contributed by atoms with Gasteiger partial charge in [0.25, 0.3) is 0 Å². The molecule has 0 saturated carbocycles. The molecule has 16 nitrogen and oxygen atoms in total. The number of nitrogen functional groups attached to an aromatic ring is 2. The number of hydrogen-bond acceptors (Lipinski definition) is 14. The van der Waals surface area contributed by atoms with Crippen molar-refractivity contribution in [2.75, 3.05) is 11.5 Å². The second-order valence-electron chi connectivity index (χ2n) is 9.26. The highest BCUT2D eigenvalue weighted by Crippen LogP contribution is 2.33. The van der Waals surface area contributed by atoms with Crippen LogP contribution in [-0.2, 0) is 9.47 Å². The maximum absolute atomic E-state index is 10.1. The smallest absolute Gasteiger partial charge is 0.208 e. The van der Waals surface area contributed by atoms with Gasteiger partial charge in [0.1, 0.15) is 35.4 Å². The van der Waals surface area contributed by atoms with Gasteiger partial charge in [-0.25, -0.2) is 29.9 Å². The van der Waals surface area contributed by atoms with E-state index in [1.54, 1.807) is 25.3 Å². The van der Waals surface area contributed by atoms with Crippen molar-refractivity contribution in [2.45, 2.75) is 69.9 Å². The second-order valence-corrected chi connectivity index (χ2v) is 10.2. The lowest BCUT2D eigenvalue weighted by atomic mass is 10.1. The van der Waals surface area contributed by atoms with Crippen LogP contribution in [0.25, 0.3) is 22.3 Å². The van der Waals surface area contributed by atoms with E-state index in [0.717, 1.165) is 0 Å². The van der Waals surface area contributed by atoms with Crippen molar-refractivity contribution in [3.8, 4) is 11.8 Å². The van der Waals surface area contributed by atoms with Crippen LogP contribution in [-0.4, -0.2) is 96.1 Å². The number of imidazole rings is 2. The summed E-state index contributed by atoms with van der Waals surface area (Å²) in [5, 5.41) is 39.6. The van der Waals surface area contributed by atoms with Gasteiger partial charge in [0.05, 0.1) is 24.9 Å². The van der Waals surface area contributed by atoms with E-state index in [-0.39, 0.29) is 17.5 Å². The Kier molecular flexibility index (Phi) is 7.75. The van der Waals surface area contributed by atoms with Crippen LogP contribution < -0.4 is 11.5 Å². The van der Waals surface area contributed by atoms with Crippen LogP contribution in [0.3, 0.4) is 0 Å². The number of aliphatic hydroxyl groups excluding tert-OH is 4. The summed E-state index contributed by atoms with van der Waals surface area (Å²) in [5.74, 6) is 6.18. The topological polar surface area (TPSA) is 239 Å². The molecule has 2 aliphatic rings. The average Bonchev–Trinajstić information content (AvgIpc) is 3.64. The number of nitrogens with zero attached hydrogens (tertiary/aromatic N) is 8. The molecule has 0 spiro atoms. The molecule has 2 aliphatic heterocycles. The van der Waals surface area contributed by atoms with Gasteiger partial charge in [0, 0.05) is 22.6 Å². The molecule has 6 heterocycles. The van der Waals surface area contributed by atoms with Gasteiger partial charge in [-0.3, -0.25) is 9.13 Å². The van der Waals surface area contributed by atoms with Gasteiger partial charge in [-0.15, -0.1) is 0 Å². The highest BCUT2D eigenvalue weighted by Gasteiger charge is 2.43. The standard InChI is InChI=1S/C13H15N5O3.C10H12IN5O3/c1-3-4-7-16-11(14)8-12(17-7)18(5-15-8)13-10(20)9(19)6(2)21-13;1-3-5(17)6(18)9(19-3)16-2-13-4-7(12)14-10(11)15-8(4)16/h5-6,9-10,13,19-20H,1-2H3,(H2,14,16,17);2-3,5-6,9,17-18H,1H3,(H2,12,14,15)/t6-,9+,10?,13-;3-,5+,6?,9-/m11/s1. The third-order valence-electron chi connectivity index (χ3n) is 6.61. The first-order valence-electron chi connectivity index (χ1n) is 12.1. The van der Waals surface area contributed by atoms with E-state index in [0.29, 0.717) is 26.2 Å². The Labute approximate surface area is 240 Å². The number of anilines is 2. The molecule has 2 fully saturated rings. The van der Waals surface area contributed by atoms with E-state index in [2.05, 4.69) is 41.7 Å². The van der Waals surface area contributed by atoms with Gasteiger partial charge in [0.2, 0.25) is 5.82 Å². The average molecular weight is 666 g/mol. The lowest BCUT2D eigenvalue weighted by Gasteiger charge is -2.16. The molecule has 40 heavy (non-hydrogen) atoms. The first kappa shape index (κ1) is 28.3. The van der Waals surface area contributed by atoms with Gasteiger partial charge in [0.15, 0.2) is 39.2 Å². The monoisotopic (exact) mass is 666 g/mol. The number of fused-ring (bicyclic) bond motifs is 2. The fraction of sp³-hybridized carbons (Fsp3) is 0.478. The molecular weight excluding hydrogens is 639 g/mol. The molecule has 0 aromatic carbocycles. The first-order valence-corrected chi connectivity index (χ1v) is 13.2. The Hall–Kier alpha value is -3.25. The zero-order valence-electron chi connectivity index (χ0n) is 21.5. The van der Waals surface area contributed by atoms with Gasteiger partial charge in [-0.05, 0) is 26.7 Å². The van der Waals surface area contributed by atoms with E-state index in [1.165, 1.54) is 17.2 Å². The molecule has 4 aromatic heterocycles. The van der Waals surface area contributed by atoms with Gasteiger partial charge < -0.3 is 41.4 Å². The zero-order chi connectivity index (χ0) is 28.9. The predicted octanol–water partition coefficient (Wildman–Crippen LogP) is -0.929. The van der Waals surface area contributed by atoms with Crippen LogP contribution in [0.1, 0.15) is 39.1 Å². The summed E-state index contributed by atoms with van der Waals surface area (Å²) >= 11 is 1.95. The Morgan fingerprint density at radius 3 is 1.70 bits per heavy atom. The summed E-state index contributed by atoms with van der Waals surface area (Å²) in [6.45, 7) is 5.05. The van der Waals surface area contributed by atoms with Crippen molar-refractivity contribution in [2.24, 2.45) is 0 Å². The molecule has 0 bridgehead atoms. The summed E-state index contributed by atoms with van der Waals surface area (Å²) in [4.78, 5) is 24.9. The minimum absolute atomic E-state index is 0.206. The summed E-state index contributed by atoms with van der Waals surface area (Å²) in [6, 6.07) is 0.